The third-order valence-electron chi connectivity index (χ3n) is 5.16. The lowest BCUT2D eigenvalue weighted by molar-refractivity contribution is 0.0529. The molecule has 2 aromatic heterocycles. The van der Waals surface area contributed by atoms with E-state index in [9.17, 15) is 14.0 Å². The van der Waals surface area contributed by atoms with Crippen LogP contribution in [0.3, 0.4) is 0 Å². The van der Waals surface area contributed by atoms with Crippen molar-refractivity contribution in [2.45, 2.75) is 11.9 Å². The Morgan fingerprint density at radius 2 is 1.68 bits per heavy atom. The average molecular weight is 441 g/mol. The number of hydrogen-bond acceptors (Lipinski definition) is 6. The van der Waals surface area contributed by atoms with Gasteiger partial charge < -0.3 is 14.2 Å². The summed E-state index contributed by atoms with van der Waals surface area (Å²) < 4.78 is 19.3. The van der Waals surface area contributed by atoms with Gasteiger partial charge in [-0.05, 0) is 37.4 Å². The topological polar surface area (TPSA) is 79.5 Å². The van der Waals surface area contributed by atoms with Gasteiger partial charge in [-0.25, -0.2) is 14.4 Å². The van der Waals surface area contributed by atoms with Crippen LogP contribution in [-0.2, 0) is 0 Å². The number of rotatable bonds is 4. The molecule has 3 heterocycles. The SMILES string of the molecule is CSc1nc(-c2ccco2)nc(C)c1C(=O)N1CCN(C(=O)c2ccccc2F)CC1. The Kier molecular flexibility index (Phi) is 6.03. The van der Waals surface area contributed by atoms with Crippen molar-refractivity contribution < 1.29 is 18.4 Å². The highest BCUT2D eigenvalue weighted by Crippen LogP contribution is 2.26. The second-order valence-corrected chi connectivity index (χ2v) is 7.85. The van der Waals surface area contributed by atoms with Gasteiger partial charge >= 0.3 is 0 Å². The molecule has 31 heavy (non-hydrogen) atoms. The second-order valence-electron chi connectivity index (χ2n) is 7.06. The Hall–Kier alpha value is -3.20. The molecule has 0 saturated carbocycles. The van der Waals surface area contributed by atoms with Crippen LogP contribution in [-0.4, -0.2) is 64.0 Å². The van der Waals surface area contributed by atoms with E-state index >= 15 is 0 Å². The van der Waals surface area contributed by atoms with E-state index in [1.165, 1.54) is 23.9 Å². The summed E-state index contributed by atoms with van der Waals surface area (Å²) in [4.78, 5) is 38.1. The molecule has 0 unspecified atom stereocenters. The highest BCUT2D eigenvalue weighted by atomic mass is 32.2. The van der Waals surface area contributed by atoms with E-state index in [1.807, 2.05) is 6.26 Å². The van der Waals surface area contributed by atoms with Crippen LogP contribution in [0.25, 0.3) is 11.6 Å². The number of amides is 2. The van der Waals surface area contributed by atoms with Gasteiger partial charge in [-0.15, -0.1) is 11.8 Å². The Morgan fingerprint density at radius 3 is 2.29 bits per heavy atom. The summed E-state index contributed by atoms with van der Waals surface area (Å²) in [7, 11) is 0. The van der Waals surface area contributed by atoms with E-state index in [0.29, 0.717) is 54.0 Å². The molecule has 7 nitrogen and oxygen atoms in total. The van der Waals surface area contributed by atoms with Gasteiger partial charge in [0, 0.05) is 26.2 Å². The molecule has 0 bridgehead atoms. The summed E-state index contributed by atoms with van der Waals surface area (Å²) in [5, 5.41) is 0.578. The molecule has 0 spiro atoms. The highest BCUT2D eigenvalue weighted by Gasteiger charge is 2.29. The number of piperazine rings is 1. The number of carbonyl (C=O) groups excluding carboxylic acids is 2. The van der Waals surface area contributed by atoms with Crippen LogP contribution in [0.4, 0.5) is 4.39 Å². The molecule has 160 valence electrons. The molecule has 1 fully saturated rings. The fraction of sp³-hybridized carbons (Fsp3) is 0.273. The van der Waals surface area contributed by atoms with Crippen LogP contribution < -0.4 is 0 Å². The van der Waals surface area contributed by atoms with Crippen LogP contribution in [0.1, 0.15) is 26.4 Å². The first-order valence-corrected chi connectivity index (χ1v) is 11.0. The lowest BCUT2D eigenvalue weighted by Crippen LogP contribution is -2.51. The Balaban J connectivity index is 1.50. The number of nitrogens with zero attached hydrogens (tertiary/aromatic N) is 4. The van der Waals surface area contributed by atoms with Gasteiger partial charge in [0.2, 0.25) is 0 Å². The van der Waals surface area contributed by atoms with Crippen molar-refractivity contribution in [1.29, 1.82) is 0 Å². The van der Waals surface area contributed by atoms with Gasteiger partial charge in [-0.3, -0.25) is 9.59 Å². The molecule has 0 N–H and O–H groups in total. The van der Waals surface area contributed by atoms with E-state index in [-0.39, 0.29) is 17.4 Å². The summed E-state index contributed by atoms with van der Waals surface area (Å²) in [6.45, 7) is 3.15. The second kappa shape index (κ2) is 8.89. The lowest BCUT2D eigenvalue weighted by Gasteiger charge is -2.35. The Labute approximate surface area is 183 Å². The number of thioether (sulfide) groups is 1. The average Bonchev–Trinajstić information content (AvgIpc) is 3.33. The predicted octanol–water partition coefficient (Wildman–Crippen LogP) is 3.50. The van der Waals surface area contributed by atoms with Crippen molar-refractivity contribution in [3.8, 4) is 11.6 Å². The van der Waals surface area contributed by atoms with Crippen molar-refractivity contribution in [3.63, 3.8) is 0 Å². The highest BCUT2D eigenvalue weighted by molar-refractivity contribution is 7.98. The largest absolute Gasteiger partial charge is 0.461 e. The number of carbonyl (C=O) groups is 2. The van der Waals surface area contributed by atoms with E-state index in [0.717, 1.165) is 0 Å². The molecule has 0 atom stereocenters. The van der Waals surface area contributed by atoms with Gasteiger partial charge in [-0.2, -0.15) is 0 Å². The van der Waals surface area contributed by atoms with Crippen LogP contribution in [0, 0.1) is 12.7 Å². The molecule has 2 amide bonds. The molecule has 0 radical (unpaired) electrons. The third kappa shape index (κ3) is 4.18. The molecule has 4 rings (SSSR count). The molecule has 1 aliphatic heterocycles. The minimum absolute atomic E-state index is 0.0460. The smallest absolute Gasteiger partial charge is 0.258 e. The minimum Gasteiger partial charge on any atom is -0.461 e. The summed E-state index contributed by atoms with van der Waals surface area (Å²) in [5.41, 5.74) is 1.07. The van der Waals surface area contributed by atoms with Crippen molar-refractivity contribution in [2.75, 3.05) is 32.4 Å². The number of aromatic nitrogens is 2. The van der Waals surface area contributed by atoms with E-state index in [4.69, 9.17) is 4.42 Å². The zero-order valence-electron chi connectivity index (χ0n) is 17.2. The molecule has 3 aromatic rings. The quantitative estimate of drug-likeness (QED) is 0.456. The Morgan fingerprint density at radius 1 is 1.00 bits per heavy atom. The summed E-state index contributed by atoms with van der Waals surface area (Å²) in [6.07, 6.45) is 3.41. The van der Waals surface area contributed by atoms with Crippen LogP contribution >= 0.6 is 11.8 Å². The van der Waals surface area contributed by atoms with E-state index in [2.05, 4.69) is 9.97 Å². The summed E-state index contributed by atoms with van der Waals surface area (Å²) in [5.74, 6) is -0.107. The number of furan rings is 1. The predicted molar refractivity (Wildman–Crippen MR) is 114 cm³/mol. The van der Waals surface area contributed by atoms with Gasteiger partial charge in [0.05, 0.1) is 23.1 Å². The maximum atomic E-state index is 13.9. The minimum atomic E-state index is -0.542. The number of aryl methyl sites for hydroxylation is 1. The van der Waals surface area contributed by atoms with Crippen LogP contribution in [0.5, 0.6) is 0 Å². The monoisotopic (exact) mass is 440 g/mol. The molecule has 0 aliphatic carbocycles. The van der Waals surface area contributed by atoms with E-state index in [1.54, 1.807) is 47.3 Å². The van der Waals surface area contributed by atoms with Crippen molar-refractivity contribution >= 4 is 23.6 Å². The van der Waals surface area contributed by atoms with E-state index < -0.39 is 5.82 Å². The summed E-state index contributed by atoms with van der Waals surface area (Å²) in [6, 6.07) is 9.45. The molecule has 9 heteroatoms. The molecule has 1 aromatic carbocycles. The molecular formula is C22H21FN4O3S. The van der Waals surface area contributed by atoms with Gasteiger partial charge in [0.25, 0.3) is 11.8 Å². The fourth-order valence-electron chi connectivity index (χ4n) is 3.53. The fourth-order valence-corrected chi connectivity index (χ4v) is 4.15. The first-order chi connectivity index (χ1) is 15.0. The van der Waals surface area contributed by atoms with Gasteiger partial charge in [-0.1, -0.05) is 12.1 Å². The van der Waals surface area contributed by atoms with Gasteiger partial charge in [0.15, 0.2) is 11.6 Å². The van der Waals surface area contributed by atoms with Crippen LogP contribution in [0.2, 0.25) is 0 Å². The van der Waals surface area contributed by atoms with Crippen molar-refractivity contribution in [2.24, 2.45) is 0 Å². The van der Waals surface area contributed by atoms with Gasteiger partial charge in [0.1, 0.15) is 10.8 Å². The van der Waals surface area contributed by atoms with Crippen molar-refractivity contribution in [3.05, 3.63) is 65.3 Å². The zero-order chi connectivity index (χ0) is 22.0. The van der Waals surface area contributed by atoms with Crippen LogP contribution in [0.15, 0.2) is 52.1 Å². The number of benzene rings is 1. The molecule has 1 aliphatic rings. The standard InChI is InChI=1S/C22H21FN4O3S/c1-14-18(20(31-2)25-19(24-14)17-8-5-13-30-17)22(29)27-11-9-26(10-12-27)21(28)15-6-3-4-7-16(15)23/h3-8,13H,9-12H2,1-2H3. The first kappa shape index (κ1) is 21.0. The maximum Gasteiger partial charge on any atom is 0.258 e. The third-order valence-corrected chi connectivity index (χ3v) is 5.85. The Bertz CT molecular complexity index is 1110. The summed E-state index contributed by atoms with van der Waals surface area (Å²) >= 11 is 1.37. The number of hydrogen-bond donors (Lipinski definition) is 0. The van der Waals surface area contributed by atoms with Crippen molar-refractivity contribution in [1.82, 2.24) is 19.8 Å². The molecular weight excluding hydrogens is 419 g/mol. The molecule has 1 saturated heterocycles. The lowest BCUT2D eigenvalue weighted by atomic mass is 10.1. The zero-order valence-corrected chi connectivity index (χ0v) is 18.0. The first-order valence-electron chi connectivity index (χ1n) is 9.79. The normalized spacial score (nSPS) is 14.0. The number of halogens is 1. The maximum absolute atomic E-state index is 13.9.